The molecule has 2 spiro atoms. The Morgan fingerprint density at radius 1 is 1.05 bits per heavy atom. The van der Waals surface area contributed by atoms with E-state index in [0.29, 0.717) is 54.9 Å². The third-order valence-electron chi connectivity index (χ3n) is 7.75. The largest absolute Gasteiger partial charge is 0.432 e. The number of carbonyl (C=O) groups excluding carboxylic acids is 3. The van der Waals surface area contributed by atoms with Crippen LogP contribution in [0, 0.1) is 11.3 Å². The second kappa shape index (κ2) is 12.1. The standard InChI is InChI=1S/C29H28F3N3O7S/c1-43-18-35-26(38)42-27(29(35)40-24(36)25(37)41-29)8-11-34(12-9-27)10-3-13-39-17-21-6-7-22(28(30,31)32)15-23(21)20-5-2-4-19(14-20)16-33/h2,4-7,14-15H,3,8-13,17-18H2,1H3. The molecule has 0 radical (unpaired) electrons. The molecule has 14 heteroatoms. The minimum atomic E-state index is -4.52. The maximum atomic E-state index is 13.4. The van der Waals surface area contributed by atoms with Crippen LogP contribution in [0.25, 0.3) is 11.1 Å². The summed E-state index contributed by atoms with van der Waals surface area (Å²) in [6.45, 7) is 1.96. The lowest BCUT2D eigenvalue weighted by Crippen LogP contribution is -2.63. The summed E-state index contributed by atoms with van der Waals surface area (Å²) in [5.41, 5.74) is -0.374. The highest BCUT2D eigenvalue weighted by atomic mass is 32.2. The van der Waals surface area contributed by atoms with Crippen molar-refractivity contribution < 1.29 is 46.5 Å². The Morgan fingerprint density at radius 3 is 2.42 bits per heavy atom. The summed E-state index contributed by atoms with van der Waals surface area (Å²) < 4.78 is 62.5. The Balaban J connectivity index is 1.18. The lowest BCUT2D eigenvalue weighted by Gasteiger charge is -2.43. The van der Waals surface area contributed by atoms with Crippen LogP contribution in [0.4, 0.5) is 18.0 Å². The van der Waals surface area contributed by atoms with Crippen molar-refractivity contribution in [2.24, 2.45) is 0 Å². The molecule has 3 fully saturated rings. The van der Waals surface area contributed by atoms with Gasteiger partial charge in [-0.05, 0) is 53.6 Å². The van der Waals surface area contributed by atoms with Gasteiger partial charge < -0.3 is 23.8 Å². The van der Waals surface area contributed by atoms with Gasteiger partial charge in [-0.3, -0.25) is 0 Å². The number of rotatable bonds is 9. The lowest BCUT2D eigenvalue weighted by molar-refractivity contribution is -0.284. The normalized spacial score (nSPS) is 19.4. The molecule has 0 unspecified atom stereocenters. The molecule has 3 heterocycles. The molecule has 0 saturated carbocycles. The number of halogens is 3. The van der Waals surface area contributed by atoms with E-state index >= 15 is 0 Å². The van der Waals surface area contributed by atoms with E-state index in [0.717, 1.165) is 17.0 Å². The average Bonchev–Trinajstić information content (AvgIpc) is 3.40. The highest BCUT2D eigenvalue weighted by molar-refractivity contribution is 7.98. The van der Waals surface area contributed by atoms with E-state index in [1.165, 1.54) is 17.8 Å². The summed E-state index contributed by atoms with van der Waals surface area (Å²) in [5.74, 6) is -4.16. The number of alkyl halides is 3. The maximum absolute atomic E-state index is 13.4. The van der Waals surface area contributed by atoms with Gasteiger partial charge in [0.2, 0.25) is 5.60 Å². The van der Waals surface area contributed by atoms with Crippen molar-refractivity contribution in [1.82, 2.24) is 9.80 Å². The van der Waals surface area contributed by atoms with Gasteiger partial charge in [-0.25, -0.2) is 19.3 Å². The molecule has 2 aromatic rings. The zero-order valence-electron chi connectivity index (χ0n) is 23.1. The summed E-state index contributed by atoms with van der Waals surface area (Å²) in [7, 11) is 0. The van der Waals surface area contributed by atoms with Crippen LogP contribution in [-0.2, 0) is 41.3 Å². The number of likely N-dealkylation sites (tertiary alicyclic amines) is 1. The monoisotopic (exact) mass is 619 g/mol. The van der Waals surface area contributed by atoms with E-state index in [-0.39, 0.29) is 25.3 Å². The van der Waals surface area contributed by atoms with Crippen LogP contribution in [0.15, 0.2) is 42.5 Å². The smallest absolute Gasteiger partial charge is 0.422 e. The minimum Gasteiger partial charge on any atom is -0.432 e. The molecular formula is C29H28F3N3O7S. The van der Waals surface area contributed by atoms with Crippen LogP contribution in [0.2, 0.25) is 0 Å². The number of piperidine rings is 1. The number of amides is 1. The number of hydrogen-bond donors (Lipinski definition) is 0. The van der Waals surface area contributed by atoms with E-state index in [1.54, 1.807) is 30.5 Å². The van der Waals surface area contributed by atoms with E-state index in [1.807, 2.05) is 6.07 Å². The number of hydrogen-bond acceptors (Lipinski definition) is 10. The van der Waals surface area contributed by atoms with Gasteiger partial charge in [0.05, 0.1) is 29.7 Å². The summed E-state index contributed by atoms with van der Waals surface area (Å²) in [6, 6.07) is 11.9. The first-order valence-corrected chi connectivity index (χ1v) is 14.9. The number of ether oxygens (including phenoxy) is 4. The molecule has 2 aromatic carbocycles. The molecule has 0 aliphatic carbocycles. The van der Waals surface area contributed by atoms with Crippen LogP contribution in [0.5, 0.6) is 0 Å². The Bertz CT molecular complexity index is 1440. The fraction of sp³-hybridized carbons (Fsp3) is 0.448. The van der Waals surface area contributed by atoms with Crippen LogP contribution in [0.3, 0.4) is 0 Å². The fourth-order valence-corrected chi connectivity index (χ4v) is 6.14. The predicted octanol–water partition coefficient (Wildman–Crippen LogP) is 4.51. The molecule has 1 amide bonds. The number of fused-ring (bicyclic) bond motifs is 1. The van der Waals surface area contributed by atoms with Gasteiger partial charge >= 0.3 is 30.1 Å². The average molecular weight is 620 g/mol. The second-order valence-corrected chi connectivity index (χ2v) is 11.2. The Labute approximate surface area is 249 Å². The van der Waals surface area contributed by atoms with Gasteiger partial charge in [0.15, 0.2) is 0 Å². The molecule has 43 heavy (non-hydrogen) atoms. The first kappa shape index (κ1) is 30.7. The van der Waals surface area contributed by atoms with Crippen LogP contribution >= 0.6 is 11.8 Å². The highest BCUT2D eigenvalue weighted by Crippen LogP contribution is 2.50. The summed E-state index contributed by atoms with van der Waals surface area (Å²) in [6.07, 6.45) is -2.34. The van der Waals surface area contributed by atoms with Crippen molar-refractivity contribution in [2.75, 3.05) is 38.4 Å². The van der Waals surface area contributed by atoms with Crippen LogP contribution in [-0.4, -0.2) is 77.7 Å². The zero-order chi connectivity index (χ0) is 30.8. The number of thioether (sulfide) groups is 1. The van der Waals surface area contributed by atoms with Crippen molar-refractivity contribution in [3.8, 4) is 17.2 Å². The van der Waals surface area contributed by atoms with E-state index in [4.69, 9.17) is 18.9 Å². The molecular weight excluding hydrogens is 591 g/mol. The number of benzene rings is 2. The fourth-order valence-electron chi connectivity index (χ4n) is 5.60. The first-order valence-electron chi connectivity index (χ1n) is 13.5. The van der Waals surface area contributed by atoms with Crippen molar-refractivity contribution in [3.63, 3.8) is 0 Å². The van der Waals surface area contributed by atoms with Crippen molar-refractivity contribution in [2.45, 2.75) is 43.6 Å². The summed E-state index contributed by atoms with van der Waals surface area (Å²) in [4.78, 5) is 39.9. The number of carbonyl (C=O) groups is 3. The molecule has 10 nitrogen and oxygen atoms in total. The third kappa shape index (κ3) is 5.89. The lowest BCUT2D eigenvalue weighted by atomic mass is 9.87. The molecule has 0 N–H and O–H groups in total. The number of nitriles is 1. The van der Waals surface area contributed by atoms with E-state index < -0.39 is 41.3 Å². The molecule has 0 bridgehead atoms. The molecule has 228 valence electrons. The summed E-state index contributed by atoms with van der Waals surface area (Å²) >= 11 is 1.29. The van der Waals surface area contributed by atoms with Crippen LogP contribution in [0.1, 0.15) is 36.0 Å². The predicted molar refractivity (Wildman–Crippen MR) is 146 cm³/mol. The molecule has 3 aliphatic heterocycles. The molecule has 5 rings (SSSR count). The van der Waals surface area contributed by atoms with Crippen molar-refractivity contribution in [3.05, 3.63) is 59.2 Å². The van der Waals surface area contributed by atoms with Gasteiger partial charge in [-0.1, -0.05) is 18.2 Å². The molecule has 0 aromatic heterocycles. The Morgan fingerprint density at radius 2 is 1.77 bits per heavy atom. The zero-order valence-corrected chi connectivity index (χ0v) is 24.0. The van der Waals surface area contributed by atoms with E-state index in [2.05, 4.69) is 4.90 Å². The van der Waals surface area contributed by atoms with E-state index in [9.17, 15) is 32.8 Å². The van der Waals surface area contributed by atoms with Gasteiger partial charge in [0, 0.05) is 39.1 Å². The third-order valence-corrected chi connectivity index (χ3v) is 8.26. The van der Waals surface area contributed by atoms with Gasteiger partial charge in [0.25, 0.3) is 0 Å². The molecule has 3 saturated heterocycles. The van der Waals surface area contributed by atoms with Gasteiger partial charge in [-0.15, -0.1) is 11.8 Å². The van der Waals surface area contributed by atoms with Crippen molar-refractivity contribution >= 4 is 29.8 Å². The molecule has 0 atom stereocenters. The van der Waals surface area contributed by atoms with Gasteiger partial charge in [-0.2, -0.15) is 18.4 Å². The van der Waals surface area contributed by atoms with Crippen molar-refractivity contribution in [1.29, 1.82) is 5.26 Å². The van der Waals surface area contributed by atoms with Crippen LogP contribution < -0.4 is 0 Å². The summed E-state index contributed by atoms with van der Waals surface area (Å²) in [5, 5.41) is 9.23. The second-order valence-electron chi connectivity index (χ2n) is 10.4. The maximum Gasteiger partial charge on any atom is 0.422 e. The molecule has 3 aliphatic rings. The SMILES string of the molecule is CSCN1C(=O)OC2(CCN(CCCOCc3ccc(C(F)(F)F)cc3-c3cccc(C#N)c3)CC2)C12OC(=O)C(=O)O2. The minimum absolute atomic E-state index is 0.0772. The number of nitrogens with zero attached hydrogens (tertiary/aromatic N) is 3. The number of esters is 2. The Hall–Kier alpha value is -3.80. The van der Waals surface area contributed by atoms with Gasteiger partial charge in [0.1, 0.15) is 0 Å². The highest BCUT2D eigenvalue weighted by Gasteiger charge is 2.75. The topological polar surface area (TPSA) is 118 Å². The Kier molecular flexibility index (Phi) is 8.60. The quantitative estimate of drug-likeness (QED) is 0.225. The first-order chi connectivity index (χ1) is 20.5.